The van der Waals surface area contributed by atoms with Crippen molar-refractivity contribution in [3.8, 4) is 0 Å². The summed E-state index contributed by atoms with van der Waals surface area (Å²) in [5.41, 5.74) is 0.472. The van der Waals surface area contributed by atoms with Crippen LogP contribution in [0, 0.1) is 0 Å². The first-order valence-corrected chi connectivity index (χ1v) is 5.41. The fraction of sp³-hybridized carbons (Fsp3) is 0.636. The summed E-state index contributed by atoms with van der Waals surface area (Å²) in [4.78, 5) is 23.6. The minimum absolute atomic E-state index is 0.193. The van der Waals surface area contributed by atoms with E-state index in [1.54, 1.807) is 19.9 Å². The Morgan fingerprint density at radius 2 is 2.25 bits per heavy atom. The van der Waals surface area contributed by atoms with Gasteiger partial charge in [-0.25, -0.2) is 9.59 Å². The first-order chi connectivity index (χ1) is 7.56. The first-order valence-electron chi connectivity index (χ1n) is 5.41. The number of hydrogen-bond acceptors (Lipinski definition) is 3. The van der Waals surface area contributed by atoms with Crippen molar-refractivity contribution >= 4 is 12.1 Å². The smallest absolute Gasteiger partial charge is 0.407 e. The van der Waals surface area contributed by atoms with Gasteiger partial charge in [-0.3, -0.25) is 0 Å². The van der Waals surface area contributed by atoms with Crippen LogP contribution in [0.15, 0.2) is 11.6 Å². The zero-order valence-corrected chi connectivity index (χ0v) is 9.60. The van der Waals surface area contributed by atoms with Crippen LogP contribution in [0.3, 0.4) is 0 Å². The number of carboxylic acid groups (broad SMARTS) is 1. The van der Waals surface area contributed by atoms with Crippen LogP contribution in [-0.4, -0.2) is 41.3 Å². The van der Waals surface area contributed by atoms with Crippen LogP contribution in [0.4, 0.5) is 4.79 Å². The van der Waals surface area contributed by atoms with Gasteiger partial charge in [0.25, 0.3) is 0 Å². The molecule has 1 N–H and O–H groups in total. The molecule has 1 atom stereocenters. The fourth-order valence-electron chi connectivity index (χ4n) is 1.80. The highest BCUT2D eigenvalue weighted by molar-refractivity contribution is 5.88. The summed E-state index contributed by atoms with van der Waals surface area (Å²) >= 11 is 0. The van der Waals surface area contributed by atoms with Gasteiger partial charge in [0.05, 0.1) is 12.6 Å². The van der Waals surface area contributed by atoms with Crippen LogP contribution in [0.25, 0.3) is 0 Å². The molecule has 0 aromatic heterocycles. The number of esters is 1. The van der Waals surface area contributed by atoms with Crippen molar-refractivity contribution in [3.63, 3.8) is 0 Å². The molecule has 0 aliphatic carbocycles. The zero-order valence-electron chi connectivity index (χ0n) is 9.60. The lowest BCUT2D eigenvalue weighted by atomic mass is 10.1. The number of nitrogens with zero attached hydrogens (tertiary/aromatic N) is 1. The van der Waals surface area contributed by atoms with E-state index in [-0.39, 0.29) is 12.0 Å². The minimum Gasteiger partial charge on any atom is -0.465 e. The Labute approximate surface area is 94.7 Å². The van der Waals surface area contributed by atoms with E-state index in [0.717, 1.165) is 12.8 Å². The molecule has 1 aliphatic heterocycles. The molecule has 1 rings (SSSR count). The average molecular weight is 227 g/mol. The van der Waals surface area contributed by atoms with E-state index in [1.165, 1.54) is 4.90 Å². The quantitative estimate of drug-likeness (QED) is 0.588. The largest absolute Gasteiger partial charge is 0.465 e. The number of carbonyl (C=O) groups is 2. The Morgan fingerprint density at radius 3 is 2.81 bits per heavy atom. The molecular weight excluding hydrogens is 210 g/mol. The minimum atomic E-state index is -0.935. The standard InChI is InChI=1S/C11H17NO4/c1-3-16-10(13)8(2)7-9-5-4-6-12(9)11(14)15/h7,9H,3-6H2,1-2H3,(H,14,15)/b8-7+/t9-/m0/s1. The summed E-state index contributed by atoms with van der Waals surface area (Å²) in [6.45, 7) is 4.25. The molecule has 5 nitrogen and oxygen atoms in total. The van der Waals surface area contributed by atoms with Crippen LogP contribution < -0.4 is 0 Å². The summed E-state index contributed by atoms with van der Waals surface area (Å²) in [5.74, 6) is -0.375. The Bertz CT molecular complexity index is 311. The van der Waals surface area contributed by atoms with Crippen molar-refractivity contribution < 1.29 is 19.4 Å². The van der Waals surface area contributed by atoms with Crippen molar-refractivity contribution in [2.75, 3.05) is 13.2 Å². The monoisotopic (exact) mass is 227 g/mol. The predicted molar refractivity (Wildman–Crippen MR) is 58.1 cm³/mol. The fourth-order valence-corrected chi connectivity index (χ4v) is 1.80. The maximum atomic E-state index is 11.4. The molecule has 0 unspecified atom stereocenters. The summed E-state index contributed by atoms with van der Waals surface area (Å²) in [7, 11) is 0. The van der Waals surface area contributed by atoms with Gasteiger partial charge in [-0.15, -0.1) is 0 Å². The predicted octanol–water partition coefficient (Wildman–Crippen LogP) is 1.64. The van der Waals surface area contributed by atoms with Crippen LogP contribution in [0.2, 0.25) is 0 Å². The van der Waals surface area contributed by atoms with Gasteiger partial charge in [-0.1, -0.05) is 6.08 Å². The lowest BCUT2D eigenvalue weighted by Crippen LogP contribution is -2.33. The molecule has 0 radical (unpaired) electrons. The van der Waals surface area contributed by atoms with E-state index in [0.29, 0.717) is 18.7 Å². The van der Waals surface area contributed by atoms with Gasteiger partial charge in [0.1, 0.15) is 0 Å². The van der Waals surface area contributed by atoms with Gasteiger partial charge in [0.2, 0.25) is 0 Å². The second kappa shape index (κ2) is 5.53. The van der Waals surface area contributed by atoms with Crippen molar-refractivity contribution in [2.45, 2.75) is 32.7 Å². The van der Waals surface area contributed by atoms with E-state index >= 15 is 0 Å². The van der Waals surface area contributed by atoms with E-state index in [1.807, 2.05) is 0 Å². The maximum absolute atomic E-state index is 11.4. The Hall–Kier alpha value is -1.52. The van der Waals surface area contributed by atoms with Crippen LogP contribution in [0.1, 0.15) is 26.7 Å². The SMILES string of the molecule is CCOC(=O)/C(C)=C/[C@@H]1CCCN1C(=O)O. The van der Waals surface area contributed by atoms with Gasteiger partial charge in [0.15, 0.2) is 0 Å². The molecule has 1 amide bonds. The molecule has 1 saturated heterocycles. The summed E-state index contributed by atoms with van der Waals surface area (Å²) in [6, 6.07) is -0.193. The molecule has 0 aromatic carbocycles. The van der Waals surface area contributed by atoms with Gasteiger partial charge >= 0.3 is 12.1 Å². The molecule has 1 heterocycles. The zero-order chi connectivity index (χ0) is 12.1. The van der Waals surface area contributed by atoms with E-state index in [2.05, 4.69) is 0 Å². The maximum Gasteiger partial charge on any atom is 0.407 e. The van der Waals surface area contributed by atoms with Gasteiger partial charge in [0, 0.05) is 12.1 Å². The topological polar surface area (TPSA) is 66.8 Å². The second-order valence-electron chi connectivity index (χ2n) is 3.76. The third kappa shape index (κ3) is 2.98. The molecule has 0 saturated carbocycles. The van der Waals surface area contributed by atoms with Crippen molar-refractivity contribution in [2.24, 2.45) is 0 Å². The van der Waals surface area contributed by atoms with Crippen LogP contribution in [0.5, 0.6) is 0 Å². The highest BCUT2D eigenvalue weighted by Crippen LogP contribution is 2.19. The number of likely N-dealkylation sites (tertiary alicyclic amines) is 1. The van der Waals surface area contributed by atoms with Crippen LogP contribution in [-0.2, 0) is 9.53 Å². The lowest BCUT2D eigenvalue weighted by Gasteiger charge is -2.18. The summed E-state index contributed by atoms with van der Waals surface area (Å²) in [6.07, 6.45) is 2.35. The number of ether oxygens (including phenoxy) is 1. The van der Waals surface area contributed by atoms with E-state index in [9.17, 15) is 9.59 Å². The summed E-state index contributed by atoms with van der Waals surface area (Å²) < 4.78 is 4.84. The number of hydrogen-bond donors (Lipinski definition) is 1. The van der Waals surface area contributed by atoms with Crippen molar-refractivity contribution in [1.29, 1.82) is 0 Å². The van der Waals surface area contributed by atoms with Crippen LogP contribution >= 0.6 is 0 Å². The summed E-state index contributed by atoms with van der Waals surface area (Å²) in [5, 5.41) is 8.92. The van der Waals surface area contributed by atoms with E-state index in [4.69, 9.17) is 9.84 Å². The molecule has 0 spiro atoms. The molecule has 90 valence electrons. The van der Waals surface area contributed by atoms with Gasteiger partial charge < -0.3 is 14.7 Å². The third-order valence-corrected chi connectivity index (χ3v) is 2.58. The Kier molecular flexibility index (Phi) is 4.34. The average Bonchev–Trinajstić information content (AvgIpc) is 2.66. The normalized spacial score (nSPS) is 21.0. The number of carbonyl (C=O) groups excluding carboxylic acids is 1. The highest BCUT2D eigenvalue weighted by Gasteiger charge is 2.27. The molecule has 0 bridgehead atoms. The lowest BCUT2D eigenvalue weighted by molar-refractivity contribution is -0.138. The molecule has 1 aliphatic rings. The number of rotatable bonds is 3. The van der Waals surface area contributed by atoms with Crippen molar-refractivity contribution in [1.82, 2.24) is 4.90 Å². The molecule has 1 fully saturated rings. The third-order valence-electron chi connectivity index (χ3n) is 2.58. The second-order valence-corrected chi connectivity index (χ2v) is 3.76. The van der Waals surface area contributed by atoms with E-state index < -0.39 is 6.09 Å². The first kappa shape index (κ1) is 12.5. The molecule has 16 heavy (non-hydrogen) atoms. The molecule has 5 heteroatoms. The Balaban J connectivity index is 2.67. The molecule has 0 aromatic rings. The number of amides is 1. The van der Waals surface area contributed by atoms with Gasteiger partial charge in [-0.2, -0.15) is 0 Å². The Morgan fingerprint density at radius 1 is 1.56 bits per heavy atom. The molecular formula is C11H17NO4. The van der Waals surface area contributed by atoms with Crippen molar-refractivity contribution in [3.05, 3.63) is 11.6 Å². The van der Waals surface area contributed by atoms with Gasteiger partial charge in [-0.05, 0) is 26.7 Å². The highest BCUT2D eigenvalue weighted by atomic mass is 16.5.